The zero-order valence-electron chi connectivity index (χ0n) is 25.5. The van der Waals surface area contributed by atoms with Gasteiger partial charge in [0.05, 0.1) is 16.6 Å². The van der Waals surface area contributed by atoms with Crippen molar-refractivity contribution in [1.82, 2.24) is 9.13 Å². The number of hydrogen-bond acceptors (Lipinski definition) is 1. The summed E-state index contributed by atoms with van der Waals surface area (Å²) in [5, 5.41) is 4.75. The van der Waals surface area contributed by atoms with Gasteiger partial charge in [0.15, 0.2) is 5.58 Å². The van der Waals surface area contributed by atoms with Crippen LogP contribution >= 0.6 is 0 Å². The standard InChI is InChI=1S/C44H28N2O/c1-3-11-29(12-4-1)31-22-26-40-38(27-31)44-43(37-16-8-10-18-42(37)47-44)46(40)34-23-19-30(20-24-34)32-21-25-36-35-15-7-9-17-39(35)45(41(36)28-32)33-13-5-2-6-14-33/h1-28H. The average Bonchev–Trinajstić information content (AvgIpc) is 3.79. The fourth-order valence-corrected chi connectivity index (χ4v) is 7.36. The Hall–Kier alpha value is -6.32. The third kappa shape index (κ3) is 3.93. The molecule has 0 atom stereocenters. The maximum absolute atomic E-state index is 6.54. The topological polar surface area (TPSA) is 23.0 Å². The quantitative estimate of drug-likeness (QED) is 0.197. The highest BCUT2D eigenvalue weighted by atomic mass is 16.3. The Morgan fingerprint density at radius 2 is 0.915 bits per heavy atom. The summed E-state index contributed by atoms with van der Waals surface area (Å²) in [5.74, 6) is 0. The van der Waals surface area contributed by atoms with Gasteiger partial charge in [-0.2, -0.15) is 0 Å². The molecule has 220 valence electrons. The van der Waals surface area contributed by atoms with Crippen LogP contribution in [-0.4, -0.2) is 9.13 Å². The summed E-state index contributed by atoms with van der Waals surface area (Å²) in [5.41, 5.74) is 13.5. The lowest BCUT2D eigenvalue weighted by atomic mass is 10.0. The summed E-state index contributed by atoms with van der Waals surface area (Å²) in [6.45, 7) is 0. The minimum atomic E-state index is 0.900. The van der Waals surface area contributed by atoms with Gasteiger partial charge in [-0.1, -0.05) is 109 Å². The highest BCUT2D eigenvalue weighted by molar-refractivity contribution is 6.17. The summed E-state index contributed by atoms with van der Waals surface area (Å²) in [6, 6.07) is 60.7. The van der Waals surface area contributed by atoms with Gasteiger partial charge in [-0.25, -0.2) is 0 Å². The first-order valence-corrected chi connectivity index (χ1v) is 16.0. The summed E-state index contributed by atoms with van der Waals surface area (Å²) in [6.07, 6.45) is 0. The smallest absolute Gasteiger partial charge is 0.161 e. The lowest BCUT2D eigenvalue weighted by molar-refractivity contribution is 0.673. The van der Waals surface area contributed by atoms with Crippen molar-refractivity contribution >= 4 is 54.8 Å². The van der Waals surface area contributed by atoms with Crippen LogP contribution in [0.1, 0.15) is 0 Å². The van der Waals surface area contributed by atoms with E-state index in [0.29, 0.717) is 0 Å². The van der Waals surface area contributed by atoms with Crippen LogP contribution in [0.3, 0.4) is 0 Å². The molecule has 3 aromatic heterocycles. The van der Waals surface area contributed by atoms with Crippen LogP contribution < -0.4 is 0 Å². The van der Waals surface area contributed by atoms with Crippen molar-refractivity contribution in [1.29, 1.82) is 0 Å². The first-order chi connectivity index (χ1) is 23.3. The Labute approximate surface area is 271 Å². The lowest BCUT2D eigenvalue weighted by Crippen LogP contribution is -1.94. The zero-order valence-corrected chi connectivity index (χ0v) is 25.5. The fourth-order valence-electron chi connectivity index (χ4n) is 7.36. The largest absolute Gasteiger partial charge is 0.454 e. The third-order valence-electron chi connectivity index (χ3n) is 9.53. The Kier molecular flexibility index (Phi) is 5.57. The van der Waals surface area contributed by atoms with E-state index in [-0.39, 0.29) is 0 Å². The molecule has 0 aliphatic carbocycles. The molecule has 3 heteroatoms. The monoisotopic (exact) mass is 600 g/mol. The lowest BCUT2D eigenvalue weighted by Gasteiger charge is -2.11. The number of benzene rings is 7. The van der Waals surface area contributed by atoms with Crippen molar-refractivity contribution in [2.75, 3.05) is 0 Å². The summed E-state index contributed by atoms with van der Waals surface area (Å²) in [7, 11) is 0. The molecule has 0 saturated heterocycles. The van der Waals surface area contributed by atoms with Crippen LogP contribution in [0.4, 0.5) is 0 Å². The van der Waals surface area contributed by atoms with Gasteiger partial charge in [0.1, 0.15) is 11.1 Å². The predicted octanol–water partition coefficient (Wildman–Crippen LogP) is 12.0. The van der Waals surface area contributed by atoms with Gasteiger partial charge in [-0.3, -0.25) is 0 Å². The molecule has 0 fully saturated rings. The minimum absolute atomic E-state index is 0.900. The van der Waals surface area contributed by atoms with Crippen LogP contribution in [0.15, 0.2) is 174 Å². The number of rotatable bonds is 4. The van der Waals surface area contributed by atoms with E-state index in [1.54, 1.807) is 0 Å². The summed E-state index contributed by atoms with van der Waals surface area (Å²) >= 11 is 0. The molecule has 47 heavy (non-hydrogen) atoms. The Morgan fingerprint density at radius 3 is 1.74 bits per heavy atom. The van der Waals surface area contributed by atoms with E-state index >= 15 is 0 Å². The number of fused-ring (bicyclic) bond motifs is 8. The van der Waals surface area contributed by atoms with Crippen molar-refractivity contribution in [3.8, 4) is 33.6 Å². The molecule has 7 aromatic carbocycles. The highest BCUT2D eigenvalue weighted by Crippen LogP contribution is 2.41. The molecule has 3 heterocycles. The maximum atomic E-state index is 6.54. The molecule has 0 bridgehead atoms. The SMILES string of the molecule is c1ccc(-c2ccc3c(c2)c2oc4ccccc4c2n3-c2ccc(-c3ccc4c5ccccc5n(-c5ccccc5)c4c3)cc2)cc1. The fraction of sp³-hybridized carbons (Fsp3) is 0. The van der Waals surface area contributed by atoms with E-state index in [9.17, 15) is 0 Å². The molecule has 0 spiro atoms. The van der Waals surface area contributed by atoms with Crippen molar-refractivity contribution in [3.63, 3.8) is 0 Å². The molecule has 0 saturated carbocycles. The van der Waals surface area contributed by atoms with Crippen molar-refractivity contribution < 1.29 is 4.42 Å². The van der Waals surface area contributed by atoms with Crippen LogP contribution in [0.2, 0.25) is 0 Å². The molecular formula is C44H28N2O. The van der Waals surface area contributed by atoms with Crippen LogP contribution in [-0.2, 0) is 0 Å². The van der Waals surface area contributed by atoms with Gasteiger partial charge >= 0.3 is 0 Å². The van der Waals surface area contributed by atoms with Crippen LogP contribution in [0, 0.1) is 0 Å². The molecule has 10 rings (SSSR count). The molecule has 0 N–H and O–H groups in total. The second kappa shape index (κ2) is 10.1. The van der Waals surface area contributed by atoms with E-state index in [0.717, 1.165) is 44.3 Å². The molecule has 0 aliphatic heterocycles. The minimum Gasteiger partial charge on any atom is -0.454 e. The molecule has 3 nitrogen and oxygen atoms in total. The number of para-hydroxylation sites is 3. The summed E-state index contributed by atoms with van der Waals surface area (Å²) < 4.78 is 11.3. The van der Waals surface area contributed by atoms with Gasteiger partial charge in [-0.05, 0) is 82.9 Å². The van der Waals surface area contributed by atoms with Gasteiger partial charge in [0.25, 0.3) is 0 Å². The van der Waals surface area contributed by atoms with E-state index in [2.05, 4.69) is 173 Å². The maximum Gasteiger partial charge on any atom is 0.161 e. The Balaban J connectivity index is 1.14. The molecule has 10 aromatic rings. The highest BCUT2D eigenvalue weighted by Gasteiger charge is 2.20. The second-order valence-corrected chi connectivity index (χ2v) is 12.2. The third-order valence-corrected chi connectivity index (χ3v) is 9.53. The van der Waals surface area contributed by atoms with Crippen molar-refractivity contribution in [3.05, 3.63) is 170 Å². The van der Waals surface area contributed by atoms with Gasteiger partial charge in [0, 0.05) is 32.9 Å². The predicted molar refractivity (Wildman–Crippen MR) is 196 cm³/mol. The van der Waals surface area contributed by atoms with Crippen molar-refractivity contribution in [2.45, 2.75) is 0 Å². The molecular weight excluding hydrogens is 572 g/mol. The average molecular weight is 601 g/mol. The molecule has 0 unspecified atom stereocenters. The first-order valence-electron chi connectivity index (χ1n) is 16.0. The first kappa shape index (κ1) is 26.0. The van der Waals surface area contributed by atoms with Crippen LogP contribution in [0.25, 0.3) is 88.4 Å². The summed E-state index contributed by atoms with van der Waals surface area (Å²) in [4.78, 5) is 0. The molecule has 0 amide bonds. The second-order valence-electron chi connectivity index (χ2n) is 12.2. The van der Waals surface area contributed by atoms with E-state index in [1.807, 2.05) is 6.07 Å². The van der Waals surface area contributed by atoms with Gasteiger partial charge in [-0.15, -0.1) is 0 Å². The zero-order chi connectivity index (χ0) is 30.9. The molecule has 0 aliphatic rings. The Bertz CT molecular complexity index is 2760. The number of nitrogens with zero attached hydrogens (tertiary/aromatic N) is 2. The van der Waals surface area contributed by atoms with E-state index < -0.39 is 0 Å². The normalized spacial score (nSPS) is 11.8. The van der Waals surface area contributed by atoms with E-state index in [4.69, 9.17) is 4.42 Å². The van der Waals surface area contributed by atoms with Gasteiger partial charge in [0.2, 0.25) is 0 Å². The number of aromatic nitrogens is 2. The van der Waals surface area contributed by atoms with Crippen LogP contribution in [0.5, 0.6) is 0 Å². The number of furan rings is 1. The number of hydrogen-bond donors (Lipinski definition) is 0. The molecule has 0 radical (unpaired) electrons. The van der Waals surface area contributed by atoms with E-state index in [1.165, 1.54) is 44.1 Å². The van der Waals surface area contributed by atoms with Crippen molar-refractivity contribution in [2.24, 2.45) is 0 Å². The Morgan fingerprint density at radius 1 is 0.340 bits per heavy atom. The van der Waals surface area contributed by atoms with Gasteiger partial charge < -0.3 is 13.6 Å².